The molecule has 0 atom stereocenters. The average molecular weight is 293 g/mol. The van der Waals surface area contributed by atoms with Crippen LogP contribution in [0.3, 0.4) is 0 Å². The second-order valence-corrected chi connectivity index (χ2v) is 4.94. The number of methoxy groups -OCH3 is 1. The number of hydrogen-bond donors (Lipinski definition) is 1. The first kappa shape index (κ1) is 15.1. The average Bonchev–Trinajstić information content (AvgIpc) is 2.52. The van der Waals surface area contributed by atoms with E-state index in [-0.39, 0.29) is 23.9 Å². The van der Waals surface area contributed by atoms with E-state index in [0.717, 1.165) is 25.9 Å². The van der Waals surface area contributed by atoms with E-state index >= 15 is 0 Å². The highest BCUT2D eigenvalue weighted by atomic mass is 16.6. The van der Waals surface area contributed by atoms with Crippen molar-refractivity contribution >= 4 is 17.3 Å². The maximum absolute atomic E-state index is 12.0. The molecule has 7 heteroatoms. The normalized spacial score (nSPS) is 14.6. The van der Waals surface area contributed by atoms with Crippen LogP contribution in [0.2, 0.25) is 0 Å². The summed E-state index contributed by atoms with van der Waals surface area (Å²) in [5, 5.41) is 13.8. The van der Waals surface area contributed by atoms with E-state index in [1.807, 2.05) is 4.90 Å². The predicted molar refractivity (Wildman–Crippen MR) is 78.6 cm³/mol. The summed E-state index contributed by atoms with van der Waals surface area (Å²) in [5.41, 5.74) is 0.535. The van der Waals surface area contributed by atoms with Crippen molar-refractivity contribution in [1.82, 2.24) is 4.90 Å². The smallest absolute Gasteiger partial charge is 0.311 e. The Morgan fingerprint density at radius 1 is 1.38 bits per heavy atom. The second kappa shape index (κ2) is 6.92. The molecule has 0 aromatic heterocycles. The lowest BCUT2D eigenvalue weighted by Gasteiger charge is -2.26. The van der Waals surface area contributed by atoms with Gasteiger partial charge in [-0.2, -0.15) is 0 Å². The zero-order valence-electron chi connectivity index (χ0n) is 12.0. The van der Waals surface area contributed by atoms with Gasteiger partial charge in [-0.25, -0.2) is 0 Å². The standard InChI is InChI=1S/C14H19N3O4/c1-21-13-9-11(5-6-12(13)17(19)20)15-10-14(18)16-7-3-2-4-8-16/h5-6,9,15H,2-4,7-8,10H2,1H3. The van der Waals surface area contributed by atoms with Crippen LogP contribution in [0.4, 0.5) is 11.4 Å². The molecule has 0 spiro atoms. The Bertz CT molecular complexity index is 527. The van der Waals surface area contributed by atoms with E-state index in [2.05, 4.69) is 5.32 Å². The molecule has 1 heterocycles. The second-order valence-electron chi connectivity index (χ2n) is 4.94. The minimum absolute atomic E-state index is 0.0482. The van der Waals surface area contributed by atoms with Gasteiger partial charge in [0.15, 0.2) is 5.75 Å². The Kier molecular flexibility index (Phi) is 4.97. The molecule has 1 aromatic carbocycles. The number of nitrogens with one attached hydrogen (secondary N) is 1. The maximum Gasteiger partial charge on any atom is 0.311 e. The zero-order chi connectivity index (χ0) is 15.2. The number of amides is 1. The fraction of sp³-hybridized carbons (Fsp3) is 0.500. The number of carbonyl (C=O) groups excluding carboxylic acids is 1. The topological polar surface area (TPSA) is 84.7 Å². The number of benzene rings is 1. The summed E-state index contributed by atoms with van der Waals surface area (Å²) in [6.07, 6.45) is 3.28. The highest BCUT2D eigenvalue weighted by molar-refractivity contribution is 5.81. The predicted octanol–water partition coefficient (Wildman–Crippen LogP) is 2.03. The van der Waals surface area contributed by atoms with Crippen molar-refractivity contribution in [1.29, 1.82) is 0 Å². The quantitative estimate of drug-likeness (QED) is 0.663. The third-order valence-corrected chi connectivity index (χ3v) is 3.53. The molecule has 0 saturated carbocycles. The van der Waals surface area contributed by atoms with E-state index in [1.165, 1.54) is 25.7 Å². The number of nitro groups is 1. The summed E-state index contributed by atoms with van der Waals surface area (Å²) in [4.78, 5) is 24.2. The van der Waals surface area contributed by atoms with E-state index in [4.69, 9.17) is 4.74 Å². The molecule has 2 rings (SSSR count). The van der Waals surface area contributed by atoms with Gasteiger partial charge in [0.1, 0.15) is 0 Å². The van der Waals surface area contributed by atoms with Crippen molar-refractivity contribution in [2.75, 3.05) is 32.1 Å². The first-order chi connectivity index (χ1) is 10.1. The van der Waals surface area contributed by atoms with Gasteiger partial charge in [0.2, 0.25) is 5.91 Å². The Labute approximate surface area is 123 Å². The van der Waals surface area contributed by atoms with Crippen LogP contribution >= 0.6 is 0 Å². The summed E-state index contributed by atoms with van der Waals surface area (Å²) in [7, 11) is 1.38. The molecule has 7 nitrogen and oxygen atoms in total. The highest BCUT2D eigenvalue weighted by Crippen LogP contribution is 2.29. The van der Waals surface area contributed by atoms with Gasteiger partial charge in [0.05, 0.1) is 18.6 Å². The van der Waals surface area contributed by atoms with Gasteiger partial charge >= 0.3 is 5.69 Å². The molecule has 0 radical (unpaired) electrons. The number of carbonyl (C=O) groups is 1. The van der Waals surface area contributed by atoms with Crippen LogP contribution in [-0.2, 0) is 4.79 Å². The van der Waals surface area contributed by atoms with Crippen LogP contribution in [0, 0.1) is 10.1 Å². The van der Waals surface area contributed by atoms with Gasteiger partial charge in [0, 0.05) is 30.9 Å². The van der Waals surface area contributed by atoms with Gasteiger partial charge in [-0.05, 0) is 25.3 Å². The maximum atomic E-state index is 12.0. The molecular weight excluding hydrogens is 274 g/mol. The minimum Gasteiger partial charge on any atom is -0.490 e. The number of nitrogens with zero attached hydrogens (tertiary/aromatic N) is 2. The van der Waals surface area contributed by atoms with Gasteiger partial charge in [-0.1, -0.05) is 0 Å². The van der Waals surface area contributed by atoms with E-state index in [9.17, 15) is 14.9 Å². The Balaban J connectivity index is 1.96. The Morgan fingerprint density at radius 3 is 2.71 bits per heavy atom. The number of rotatable bonds is 5. The van der Waals surface area contributed by atoms with E-state index < -0.39 is 4.92 Å². The van der Waals surface area contributed by atoms with Crippen molar-refractivity contribution in [3.63, 3.8) is 0 Å². The molecule has 1 N–H and O–H groups in total. The van der Waals surface area contributed by atoms with Gasteiger partial charge in [-0.3, -0.25) is 14.9 Å². The molecule has 21 heavy (non-hydrogen) atoms. The summed E-state index contributed by atoms with van der Waals surface area (Å²) in [5.74, 6) is 0.224. The SMILES string of the molecule is COc1cc(NCC(=O)N2CCCCC2)ccc1[N+](=O)[O-]. The third-order valence-electron chi connectivity index (χ3n) is 3.53. The molecular formula is C14H19N3O4. The van der Waals surface area contributed by atoms with Gasteiger partial charge in [0.25, 0.3) is 0 Å². The van der Waals surface area contributed by atoms with Crippen LogP contribution in [-0.4, -0.2) is 42.5 Å². The fourth-order valence-electron chi connectivity index (χ4n) is 2.37. The van der Waals surface area contributed by atoms with Crippen molar-refractivity contribution in [2.24, 2.45) is 0 Å². The largest absolute Gasteiger partial charge is 0.490 e. The molecule has 0 unspecified atom stereocenters. The fourth-order valence-corrected chi connectivity index (χ4v) is 2.37. The lowest BCUT2D eigenvalue weighted by atomic mass is 10.1. The molecule has 1 aliphatic rings. The number of hydrogen-bond acceptors (Lipinski definition) is 5. The molecule has 1 aromatic rings. The molecule has 1 aliphatic heterocycles. The van der Waals surface area contributed by atoms with Crippen molar-refractivity contribution < 1.29 is 14.5 Å². The van der Waals surface area contributed by atoms with Gasteiger partial charge in [-0.15, -0.1) is 0 Å². The summed E-state index contributed by atoms with van der Waals surface area (Å²) in [6, 6.07) is 4.47. The highest BCUT2D eigenvalue weighted by Gasteiger charge is 2.17. The first-order valence-electron chi connectivity index (χ1n) is 6.96. The lowest BCUT2D eigenvalue weighted by Crippen LogP contribution is -2.39. The molecule has 114 valence electrons. The van der Waals surface area contributed by atoms with Crippen LogP contribution in [0.5, 0.6) is 5.75 Å². The molecule has 1 fully saturated rings. The summed E-state index contributed by atoms with van der Waals surface area (Å²) in [6.45, 7) is 1.80. The van der Waals surface area contributed by atoms with Gasteiger partial charge < -0.3 is 15.0 Å². The minimum atomic E-state index is -0.499. The van der Waals surface area contributed by atoms with Crippen molar-refractivity contribution in [2.45, 2.75) is 19.3 Å². The zero-order valence-corrected chi connectivity index (χ0v) is 12.0. The van der Waals surface area contributed by atoms with E-state index in [1.54, 1.807) is 6.07 Å². The number of nitro benzene ring substituents is 1. The number of likely N-dealkylation sites (tertiary alicyclic amines) is 1. The monoisotopic (exact) mass is 293 g/mol. The Hall–Kier alpha value is -2.31. The van der Waals surface area contributed by atoms with Crippen LogP contribution in [0.15, 0.2) is 18.2 Å². The van der Waals surface area contributed by atoms with Crippen LogP contribution < -0.4 is 10.1 Å². The van der Waals surface area contributed by atoms with Crippen LogP contribution in [0.25, 0.3) is 0 Å². The molecule has 1 saturated heterocycles. The first-order valence-corrected chi connectivity index (χ1v) is 6.96. The van der Waals surface area contributed by atoms with Crippen LogP contribution in [0.1, 0.15) is 19.3 Å². The summed E-state index contributed by atoms with van der Waals surface area (Å²) < 4.78 is 4.99. The lowest BCUT2D eigenvalue weighted by molar-refractivity contribution is -0.385. The molecule has 0 aliphatic carbocycles. The van der Waals surface area contributed by atoms with Crippen molar-refractivity contribution in [3.05, 3.63) is 28.3 Å². The Morgan fingerprint density at radius 2 is 2.10 bits per heavy atom. The van der Waals surface area contributed by atoms with Crippen molar-refractivity contribution in [3.8, 4) is 5.75 Å². The number of piperidine rings is 1. The number of ether oxygens (including phenoxy) is 1. The third kappa shape index (κ3) is 3.84. The summed E-state index contributed by atoms with van der Waals surface area (Å²) >= 11 is 0. The number of anilines is 1. The molecule has 0 bridgehead atoms. The molecule has 1 amide bonds. The van der Waals surface area contributed by atoms with E-state index in [0.29, 0.717) is 5.69 Å².